The number of carboxylic acid groups (broad SMARTS) is 1. The highest BCUT2D eigenvalue weighted by Crippen LogP contribution is 2.77. The van der Waals surface area contributed by atoms with Crippen molar-refractivity contribution in [2.45, 2.75) is 112 Å². The number of aliphatic carboxylic acids is 1. The molecule has 0 aliphatic heterocycles. The molecule has 1 aromatic heterocycles. The zero-order valence-electron chi connectivity index (χ0n) is 25.8. The highest BCUT2D eigenvalue weighted by Gasteiger charge is 2.72. The predicted molar refractivity (Wildman–Crippen MR) is 159 cm³/mol. The van der Waals surface area contributed by atoms with Crippen LogP contribution in [0.4, 0.5) is 4.39 Å². The Morgan fingerprint density at radius 1 is 0.950 bits per heavy atom. The normalized spacial score (nSPS) is 45.4. The molecule has 0 bridgehead atoms. The minimum absolute atomic E-state index is 0.00384. The zero-order chi connectivity index (χ0) is 28.6. The highest BCUT2D eigenvalue weighted by atomic mass is 19.1. The summed E-state index contributed by atoms with van der Waals surface area (Å²) < 4.78 is 14.5. The van der Waals surface area contributed by atoms with Crippen molar-refractivity contribution in [1.29, 1.82) is 0 Å². The van der Waals surface area contributed by atoms with Crippen molar-refractivity contribution < 1.29 is 14.3 Å². The lowest BCUT2D eigenvalue weighted by Gasteiger charge is -2.72. The molecule has 7 rings (SSSR count). The molecule has 218 valence electrons. The summed E-state index contributed by atoms with van der Waals surface area (Å²) in [6.07, 6.45) is 9.67. The van der Waals surface area contributed by atoms with E-state index in [0.29, 0.717) is 35.5 Å². The molecular formula is C36H50FNO2. The van der Waals surface area contributed by atoms with Crippen LogP contribution in [0.2, 0.25) is 0 Å². The van der Waals surface area contributed by atoms with E-state index >= 15 is 0 Å². The van der Waals surface area contributed by atoms with Gasteiger partial charge in [-0.25, -0.2) is 4.39 Å². The standard InChI is InChI=1S/C36H50FNO2/c1-20(2)22-12-15-36(31(39)40)17-16-34(6)25(29(22)36)9-11-28-33(5)19-24-23-18-21(37)8-10-26(23)38-30(24)32(3,4)27(33)13-14-35(28,34)7/h8,10,18,20,22,25,27-29,38H,9,11-17,19H2,1-7H3,(H,39,40)/t22-,25?,27?,28?,29?,33-,34+,35+,36-/m0/s1. The van der Waals surface area contributed by atoms with Gasteiger partial charge in [-0.15, -0.1) is 0 Å². The van der Waals surface area contributed by atoms with Gasteiger partial charge in [0.05, 0.1) is 5.41 Å². The maximum absolute atomic E-state index is 14.5. The molecule has 4 fully saturated rings. The van der Waals surface area contributed by atoms with E-state index in [2.05, 4.69) is 53.5 Å². The van der Waals surface area contributed by atoms with Gasteiger partial charge < -0.3 is 10.1 Å². The number of H-pyrrole nitrogens is 1. The third kappa shape index (κ3) is 3.05. The van der Waals surface area contributed by atoms with Crippen LogP contribution in [0.25, 0.3) is 10.9 Å². The van der Waals surface area contributed by atoms with Crippen LogP contribution in [-0.4, -0.2) is 16.1 Å². The maximum atomic E-state index is 14.5. The largest absolute Gasteiger partial charge is 0.481 e. The molecule has 9 atom stereocenters. The topological polar surface area (TPSA) is 53.1 Å². The third-order valence-corrected chi connectivity index (χ3v) is 15.0. The van der Waals surface area contributed by atoms with E-state index in [1.165, 1.54) is 30.5 Å². The second kappa shape index (κ2) is 8.16. The number of aromatic amines is 1. The second-order valence-corrected chi connectivity index (χ2v) is 16.7. The number of aromatic nitrogens is 1. The molecule has 4 unspecified atom stereocenters. The first-order chi connectivity index (χ1) is 18.7. The minimum atomic E-state index is -0.515. The van der Waals surface area contributed by atoms with Crippen molar-refractivity contribution in [2.24, 2.45) is 57.2 Å². The van der Waals surface area contributed by atoms with E-state index in [1.54, 1.807) is 12.1 Å². The number of rotatable bonds is 2. The lowest BCUT2D eigenvalue weighted by molar-refractivity contribution is -0.230. The molecule has 4 heteroatoms. The number of benzene rings is 1. The Morgan fingerprint density at radius 3 is 2.40 bits per heavy atom. The van der Waals surface area contributed by atoms with Gasteiger partial charge in [-0.05, 0) is 133 Å². The molecule has 0 radical (unpaired) electrons. The molecule has 4 saturated carbocycles. The van der Waals surface area contributed by atoms with E-state index in [-0.39, 0.29) is 27.5 Å². The molecule has 40 heavy (non-hydrogen) atoms. The van der Waals surface area contributed by atoms with Crippen LogP contribution in [0.5, 0.6) is 0 Å². The fourth-order valence-corrected chi connectivity index (χ4v) is 13.1. The van der Waals surface area contributed by atoms with Crippen LogP contribution < -0.4 is 0 Å². The summed E-state index contributed by atoms with van der Waals surface area (Å²) in [6, 6.07) is 5.26. The molecule has 0 saturated heterocycles. The Morgan fingerprint density at radius 2 is 1.70 bits per heavy atom. The fraction of sp³-hybridized carbons (Fsp3) is 0.750. The molecule has 3 nitrogen and oxygen atoms in total. The maximum Gasteiger partial charge on any atom is 0.309 e. The first-order valence-electron chi connectivity index (χ1n) is 16.2. The molecule has 2 N–H and O–H groups in total. The van der Waals surface area contributed by atoms with E-state index in [1.807, 2.05) is 6.07 Å². The third-order valence-electron chi connectivity index (χ3n) is 15.0. The Bertz CT molecular complexity index is 1390. The lowest BCUT2D eigenvalue weighted by Crippen LogP contribution is -2.67. The summed E-state index contributed by atoms with van der Waals surface area (Å²) in [5, 5.41) is 11.7. The molecule has 0 spiro atoms. The van der Waals surface area contributed by atoms with Gasteiger partial charge in [-0.2, -0.15) is 0 Å². The zero-order valence-corrected chi connectivity index (χ0v) is 25.8. The van der Waals surface area contributed by atoms with Gasteiger partial charge >= 0.3 is 5.97 Å². The Kier molecular flexibility index (Phi) is 5.51. The molecule has 5 aliphatic rings. The Hall–Kier alpha value is -1.84. The van der Waals surface area contributed by atoms with Gasteiger partial charge in [-0.1, -0.05) is 48.5 Å². The average Bonchev–Trinajstić information content (AvgIpc) is 3.44. The summed E-state index contributed by atoms with van der Waals surface area (Å²) in [4.78, 5) is 16.7. The number of hydrogen-bond donors (Lipinski definition) is 2. The SMILES string of the molecule is CC(C)[C@@H]1CC[C@]2(C(=O)O)CC[C@]3(C)C(CCC4[C@@]5(C)Cc6c([nH]c7ccc(F)cc67)C(C)(C)C5CC[C@]43C)C12. The minimum Gasteiger partial charge on any atom is -0.481 e. The van der Waals surface area contributed by atoms with Crippen LogP contribution in [0.1, 0.15) is 111 Å². The summed E-state index contributed by atoms with van der Waals surface area (Å²) in [5.41, 5.74) is 3.69. The van der Waals surface area contributed by atoms with Crippen molar-refractivity contribution in [3.05, 3.63) is 35.3 Å². The first kappa shape index (κ1) is 27.0. The van der Waals surface area contributed by atoms with Gasteiger partial charge in [0.1, 0.15) is 5.82 Å². The first-order valence-corrected chi connectivity index (χ1v) is 16.2. The monoisotopic (exact) mass is 547 g/mol. The van der Waals surface area contributed by atoms with Crippen molar-refractivity contribution in [2.75, 3.05) is 0 Å². The summed E-state index contributed by atoms with van der Waals surface area (Å²) >= 11 is 0. The van der Waals surface area contributed by atoms with Crippen LogP contribution in [-0.2, 0) is 16.6 Å². The van der Waals surface area contributed by atoms with Crippen molar-refractivity contribution >= 4 is 16.9 Å². The van der Waals surface area contributed by atoms with Crippen LogP contribution in [0.15, 0.2) is 18.2 Å². The molecule has 1 heterocycles. The summed E-state index contributed by atoms with van der Waals surface area (Å²) in [6.45, 7) is 17.3. The van der Waals surface area contributed by atoms with E-state index < -0.39 is 11.4 Å². The van der Waals surface area contributed by atoms with Crippen LogP contribution in [0.3, 0.4) is 0 Å². The summed E-state index contributed by atoms with van der Waals surface area (Å²) in [7, 11) is 0. The number of carbonyl (C=O) groups is 1. The van der Waals surface area contributed by atoms with E-state index in [0.717, 1.165) is 49.4 Å². The number of carboxylic acids is 1. The predicted octanol–water partition coefficient (Wildman–Crippen LogP) is 9.14. The number of halogens is 1. The quantitative estimate of drug-likeness (QED) is 0.394. The van der Waals surface area contributed by atoms with Gasteiger partial charge in [0, 0.05) is 22.0 Å². The molecule has 1 aromatic carbocycles. The van der Waals surface area contributed by atoms with Crippen molar-refractivity contribution in [1.82, 2.24) is 4.98 Å². The van der Waals surface area contributed by atoms with Gasteiger partial charge in [0.25, 0.3) is 0 Å². The Labute approximate surface area is 240 Å². The molecule has 5 aliphatic carbocycles. The van der Waals surface area contributed by atoms with E-state index in [4.69, 9.17) is 0 Å². The number of nitrogens with one attached hydrogen (secondary N) is 1. The molecular weight excluding hydrogens is 497 g/mol. The average molecular weight is 548 g/mol. The van der Waals surface area contributed by atoms with Crippen molar-refractivity contribution in [3.8, 4) is 0 Å². The number of fused-ring (bicyclic) bond motifs is 10. The van der Waals surface area contributed by atoms with Crippen LogP contribution >= 0.6 is 0 Å². The molecule has 2 aromatic rings. The van der Waals surface area contributed by atoms with Gasteiger partial charge in [-0.3, -0.25) is 4.79 Å². The summed E-state index contributed by atoms with van der Waals surface area (Å²) in [5.74, 6) is 2.33. The fourth-order valence-electron chi connectivity index (χ4n) is 13.1. The number of hydrogen-bond acceptors (Lipinski definition) is 1. The molecule has 0 amide bonds. The van der Waals surface area contributed by atoms with Crippen molar-refractivity contribution in [3.63, 3.8) is 0 Å². The second-order valence-electron chi connectivity index (χ2n) is 16.7. The van der Waals surface area contributed by atoms with Crippen LogP contribution in [0, 0.1) is 63.0 Å². The lowest BCUT2D eigenvalue weighted by atomic mass is 9.32. The smallest absolute Gasteiger partial charge is 0.309 e. The highest BCUT2D eigenvalue weighted by molar-refractivity contribution is 5.85. The van der Waals surface area contributed by atoms with Gasteiger partial charge in [0.15, 0.2) is 0 Å². The van der Waals surface area contributed by atoms with Gasteiger partial charge in [0.2, 0.25) is 0 Å². The van der Waals surface area contributed by atoms with E-state index in [9.17, 15) is 14.3 Å². The Balaban J connectivity index is 1.33.